The molecule has 0 aliphatic carbocycles. The summed E-state index contributed by atoms with van der Waals surface area (Å²) in [6.07, 6.45) is -9.07. The van der Waals surface area contributed by atoms with Crippen molar-refractivity contribution in [3.8, 4) is 0 Å². The number of nitrogens with one attached hydrogen (secondary N) is 3. The van der Waals surface area contributed by atoms with Crippen LogP contribution in [0.15, 0.2) is 60.9 Å². The Morgan fingerprint density at radius 3 is 1.41 bits per heavy atom. The number of Topliss-reactive ketones (excluding diaryl/α,β-unsaturated/α-hetero) is 2. The minimum atomic E-state index is -4.45. The summed E-state index contributed by atoms with van der Waals surface area (Å²) in [6, 6.07) is 10.0. The molecular weight excluding hydrogens is 963 g/mol. The molecule has 0 unspecified atom stereocenters. The second-order valence-electron chi connectivity index (χ2n) is 15.3. The third-order valence-electron chi connectivity index (χ3n) is 10.9. The molecule has 69 heavy (non-hydrogen) atoms. The number of aromatic nitrogens is 4. The van der Waals surface area contributed by atoms with E-state index in [-0.39, 0.29) is 85.2 Å². The fourth-order valence-electron chi connectivity index (χ4n) is 7.70. The fraction of sp³-hybridized carbons (Fsp3) is 0.381. The summed E-state index contributed by atoms with van der Waals surface area (Å²) in [5.41, 5.74) is 5.77. The van der Waals surface area contributed by atoms with Crippen molar-refractivity contribution in [2.45, 2.75) is 63.0 Å². The third-order valence-corrected chi connectivity index (χ3v) is 10.9. The summed E-state index contributed by atoms with van der Waals surface area (Å²) in [5.74, 6) is -2.22. The quantitative estimate of drug-likeness (QED) is 0.0887. The molecule has 4 aliphatic rings. The lowest BCUT2D eigenvalue weighted by molar-refractivity contribution is -0.134. The second kappa shape index (κ2) is 23.0. The number of carbonyl (C=O) groups excluding carboxylic acids is 5. The first-order valence-corrected chi connectivity index (χ1v) is 20.7. The zero-order chi connectivity index (χ0) is 48.8. The Kier molecular flexibility index (Phi) is 18.3. The number of amides is 5. The van der Waals surface area contributed by atoms with Gasteiger partial charge in [-0.3, -0.25) is 34.8 Å². The number of nitrogens with zero attached hydrogens (tertiary/aromatic N) is 8. The van der Waals surface area contributed by atoms with Crippen LogP contribution in [0.5, 0.6) is 0 Å². The first kappa shape index (κ1) is 54.9. The summed E-state index contributed by atoms with van der Waals surface area (Å²) in [6.45, 7) is 2.47. The number of nitrogens with two attached hydrogens (primary N) is 1. The van der Waals surface area contributed by atoms with Gasteiger partial charge in [0.1, 0.15) is 23.0 Å². The van der Waals surface area contributed by atoms with Crippen molar-refractivity contribution >= 4 is 97.1 Å². The number of anilines is 6. The van der Waals surface area contributed by atoms with Crippen molar-refractivity contribution < 1.29 is 60.2 Å². The van der Waals surface area contributed by atoms with Gasteiger partial charge in [0, 0.05) is 58.5 Å². The van der Waals surface area contributed by atoms with Gasteiger partial charge in [-0.05, 0) is 68.4 Å². The minimum Gasteiger partial charge on any atom is -0.478 e. The van der Waals surface area contributed by atoms with Crippen LogP contribution >= 0.6 is 27.0 Å². The lowest BCUT2D eigenvalue weighted by Gasteiger charge is -2.35. The first-order chi connectivity index (χ1) is 31.8. The summed E-state index contributed by atoms with van der Waals surface area (Å²) >= 11 is 0. The maximum Gasteiger partial charge on any atom is 0.389 e. The van der Waals surface area contributed by atoms with Crippen LogP contribution in [0.4, 0.5) is 70.6 Å². The summed E-state index contributed by atoms with van der Waals surface area (Å²) in [5, 5.41) is 16.7. The predicted molar refractivity (Wildman–Crippen MR) is 252 cm³/mol. The molecule has 27 heteroatoms. The number of hydrogen-bond acceptors (Lipinski definition) is 13. The van der Waals surface area contributed by atoms with Gasteiger partial charge in [-0.1, -0.05) is 0 Å². The summed E-state index contributed by atoms with van der Waals surface area (Å²) in [7, 11) is 2.99. The van der Waals surface area contributed by atoms with Crippen LogP contribution in [-0.2, 0) is 0 Å². The fourth-order valence-corrected chi connectivity index (χ4v) is 7.70. The van der Waals surface area contributed by atoms with Crippen LogP contribution in [-0.4, -0.2) is 125 Å². The Morgan fingerprint density at radius 1 is 0.652 bits per heavy atom. The molecule has 0 aromatic carbocycles. The Hall–Kier alpha value is -6.74. The van der Waals surface area contributed by atoms with Crippen molar-refractivity contribution in [1.29, 1.82) is 0 Å². The van der Waals surface area contributed by atoms with Gasteiger partial charge in [-0.2, -0.15) is 53.3 Å². The number of carboxylic acid groups (broad SMARTS) is 1. The molecule has 4 aliphatic heterocycles. The normalized spacial score (nSPS) is 16.1. The molecule has 6 N–H and O–H groups in total. The Morgan fingerprint density at radius 2 is 1.06 bits per heavy atom. The van der Waals surface area contributed by atoms with E-state index in [0.29, 0.717) is 56.0 Å². The third kappa shape index (κ3) is 13.3. The number of alkyl halides is 6. The van der Waals surface area contributed by atoms with Gasteiger partial charge in [0.25, 0.3) is 5.91 Å². The highest BCUT2D eigenvalue weighted by Crippen LogP contribution is 2.41. The standard InChI is InChI=1S/C21H21F3N6O3.C20H18F3N5O4.CH5N.2H2S/c1-25-19(32)12-2-5-17(26-10-12)28-20(33)30-13-7-9-29(11-13)15-4-3-14(27-18(15)30)16(31)6-8-21(22,23)24;21-20(22,23)7-5-15(29)13-2-3-14-17(25-13)28(12-6-8-27(14)10-12)19(32)26-16-4-1-11(9-24-16)18(30)31;1-2;;/h2-5,10,13H,6-9,11H2,1H3,(H,25,32)(H,26,28,33);1-4,9,12H,5-8,10H2,(H,30,31)(H,24,26,32);2H2,1H3;2*1H2/t13-;12-;;;/m00.../s1. The SMILES string of the molecule is CN.CNC(=O)c1ccc(NC(=O)N2c3nc(C(=O)CCC(F)(F)F)ccc3N3CC[C@H]2C3)nc1.O=C(O)c1ccc(NC(=O)N2c3nc(C(=O)CCC(F)(F)F)ccc3N3CC[C@H]2C3)nc1.S.S. The molecule has 0 spiro atoms. The number of halogens is 6. The molecule has 4 bridgehead atoms. The highest BCUT2D eigenvalue weighted by molar-refractivity contribution is 7.59. The topological polar surface area (TPSA) is 249 Å². The molecule has 19 nitrogen and oxygen atoms in total. The van der Waals surface area contributed by atoms with E-state index >= 15 is 0 Å². The van der Waals surface area contributed by atoms with Crippen LogP contribution < -0.4 is 41.3 Å². The zero-order valence-electron chi connectivity index (χ0n) is 36.8. The Balaban J connectivity index is 0.000000282. The smallest absolute Gasteiger partial charge is 0.389 e. The molecule has 4 aromatic rings. The molecule has 8 rings (SSSR count). The molecule has 372 valence electrons. The molecule has 2 saturated heterocycles. The van der Waals surface area contributed by atoms with E-state index in [2.05, 4.69) is 41.6 Å². The van der Waals surface area contributed by atoms with Crippen molar-refractivity contribution in [3.05, 3.63) is 83.4 Å². The average Bonchev–Trinajstić information content (AvgIpc) is 3.92. The van der Waals surface area contributed by atoms with Gasteiger partial charge in [0.2, 0.25) is 0 Å². The molecule has 2 fully saturated rings. The Bertz CT molecular complexity index is 2520. The second-order valence-corrected chi connectivity index (χ2v) is 15.3. The van der Waals surface area contributed by atoms with Gasteiger partial charge >= 0.3 is 30.4 Å². The molecule has 5 amide bonds. The van der Waals surface area contributed by atoms with Gasteiger partial charge in [-0.25, -0.2) is 34.3 Å². The van der Waals surface area contributed by atoms with Gasteiger partial charge in [0.15, 0.2) is 23.2 Å². The number of fused-ring (bicyclic) bond motifs is 8. The minimum absolute atomic E-state index is 0. The number of carbonyl (C=O) groups is 6. The predicted octanol–water partition coefficient (Wildman–Crippen LogP) is 6.12. The van der Waals surface area contributed by atoms with E-state index in [1.807, 2.05) is 9.80 Å². The van der Waals surface area contributed by atoms with E-state index in [1.54, 1.807) is 12.1 Å². The van der Waals surface area contributed by atoms with Gasteiger partial charge < -0.3 is 26.0 Å². The molecule has 0 radical (unpaired) electrons. The van der Waals surface area contributed by atoms with Crippen LogP contribution in [0.1, 0.15) is 80.2 Å². The number of hydrogen-bond donors (Lipinski definition) is 5. The summed E-state index contributed by atoms with van der Waals surface area (Å²) < 4.78 is 75.0. The lowest BCUT2D eigenvalue weighted by atomic mass is 10.1. The number of aromatic carboxylic acids is 1. The van der Waals surface area contributed by atoms with Crippen molar-refractivity contribution in [2.75, 3.05) is 70.5 Å². The molecule has 0 saturated carbocycles. The number of pyridine rings is 4. The highest BCUT2D eigenvalue weighted by atomic mass is 32.1. The monoisotopic (exact) mass is 1010 g/mol. The molecule has 2 atom stereocenters. The highest BCUT2D eigenvalue weighted by Gasteiger charge is 2.42. The van der Waals surface area contributed by atoms with Gasteiger partial charge in [-0.15, -0.1) is 0 Å². The van der Waals surface area contributed by atoms with E-state index in [1.165, 1.54) is 66.5 Å². The number of carboxylic acids is 1. The largest absolute Gasteiger partial charge is 0.478 e. The van der Waals surface area contributed by atoms with Crippen molar-refractivity contribution in [3.63, 3.8) is 0 Å². The Labute approximate surface area is 404 Å². The maximum absolute atomic E-state index is 13.1. The van der Waals surface area contributed by atoms with Crippen molar-refractivity contribution in [1.82, 2.24) is 25.3 Å². The van der Waals surface area contributed by atoms with E-state index in [4.69, 9.17) is 5.11 Å². The molecule has 4 aromatic heterocycles. The number of rotatable bonds is 10. The number of urea groups is 2. The van der Waals surface area contributed by atoms with Gasteiger partial charge in [0.05, 0.1) is 47.4 Å². The number of ketones is 2. The zero-order valence-corrected chi connectivity index (χ0v) is 38.8. The molecular formula is C42H48F6N12O7S2. The van der Waals surface area contributed by atoms with E-state index in [9.17, 15) is 55.1 Å². The van der Waals surface area contributed by atoms with E-state index < -0.39 is 67.6 Å². The average molecular weight is 1010 g/mol. The van der Waals surface area contributed by atoms with Crippen LogP contribution in [0.25, 0.3) is 0 Å². The molecule has 8 heterocycles. The first-order valence-electron chi connectivity index (χ1n) is 20.7. The van der Waals surface area contributed by atoms with Crippen LogP contribution in [0.2, 0.25) is 0 Å². The van der Waals surface area contributed by atoms with Crippen LogP contribution in [0.3, 0.4) is 0 Å². The summed E-state index contributed by atoms with van der Waals surface area (Å²) in [4.78, 5) is 96.7. The maximum atomic E-state index is 13.1. The van der Waals surface area contributed by atoms with Crippen molar-refractivity contribution in [2.24, 2.45) is 5.73 Å². The van der Waals surface area contributed by atoms with E-state index in [0.717, 1.165) is 6.20 Å². The lowest BCUT2D eigenvalue weighted by Crippen LogP contribution is -2.48. The van der Waals surface area contributed by atoms with Crippen LogP contribution in [0, 0.1) is 0 Å².